The van der Waals surface area contributed by atoms with Gasteiger partial charge in [0.2, 0.25) is 5.91 Å². The van der Waals surface area contributed by atoms with E-state index in [2.05, 4.69) is 10.2 Å². The number of carbonyl (C=O) groups excluding carboxylic acids is 1. The van der Waals surface area contributed by atoms with Crippen LogP contribution in [0.2, 0.25) is 0 Å². The van der Waals surface area contributed by atoms with Gasteiger partial charge in [-0.25, -0.2) is 0 Å². The Kier molecular flexibility index (Phi) is 5.22. The predicted molar refractivity (Wildman–Crippen MR) is 65.9 cm³/mol. The van der Waals surface area contributed by atoms with Gasteiger partial charge in [-0.15, -0.1) is 0 Å². The molecule has 0 atom stereocenters. The lowest BCUT2D eigenvalue weighted by molar-refractivity contribution is -0.132. The molecule has 2 aliphatic heterocycles. The Bertz CT molecular complexity index is 234. The average Bonchev–Trinajstić information content (AvgIpc) is 2.65. The van der Waals surface area contributed by atoms with Gasteiger partial charge in [0, 0.05) is 58.8 Å². The molecule has 5 heteroatoms. The molecule has 0 unspecified atom stereocenters. The Balaban J connectivity index is 1.67. The van der Waals surface area contributed by atoms with Gasteiger partial charge in [0.05, 0.1) is 6.61 Å². The zero-order chi connectivity index (χ0) is 11.9. The van der Waals surface area contributed by atoms with Crippen LogP contribution in [0.15, 0.2) is 0 Å². The van der Waals surface area contributed by atoms with Gasteiger partial charge in [0.15, 0.2) is 0 Å². The summed E-state index contributed by atoms with van der Waals surface area (Å²) >= 11 is 0. The number of piperazine rings is 1. The fourth-order valence-corrected chi connectivity index (χ4v) is 2.35. The molecule has 17 heavy (non-hydrogen) atoms. The molecular formula is C12H23N3O2. The van der Waals surface area contributed by atoms with E-state index in [0.717, 1.165) is 65.4 Å². The van der Waals surface area contributed by atoms with Crippen LogP contribution >= 0.6 is 0 Å². The van der Waals surface area contributed by atoms with Gasteiger partial charge in [-0.1, -0.05) is 0 Å². The van der Waals surface area contributed by atoms with E-state index in [4.69, 9.17) is 4.74 Å². The molecule has 1 N–H and O–H groups in total. The molecule has 2 saturated heterocycles. The maximum atomic E-state index is 12.0. The first-order valence-corrected chi connectivity index (χ1v) is 6.65. The minimum atomic E-state index is 0.302. The van der Waals surface area contributed by atoms with Crippen molar-refractivity contribution in [3.63, 3.8) is 0 Å². The summed E-state index contributed by atoms with van der Waals surface area (Å²) in [4.78, 5) is 16.3. The normalized spacial score (nSPS) is 23.4. The number of carbonyl (C=O) groups is 1. The van der Waals surface area contributed by atoms with Crippen LogP contribution in [-0.4, -0.2) is 74.7 Å². The number of rotatable bonds is 3. The molecule has 2 heterocycles. The number of amides is 1. The van der Waals surface area contributed by atoms with E-state index in [0.29, 0.717) is 12.3 Å². The van der Waals surface area contributed by atoms with Crippen molar-refractivity contribution in [3.05, 3.63) is 0 Å². The van der Waals surface area contributed by atoms with Crippen LogP contribution in [0.4, 0.5) is 0 Å². The minimum absolute atomic E-state index is 0.302. The third-order valence-electron chi connectivity index (χ3n) is 3.43. The van der Waals surface area contributed by atoms with Gasteiger partial charge in [-0.3, -0.25) is 4.79 Å². The van der Waals surface area contributed by atoms with E-state index in [1.54, 1.807) is 0 Å². The molecule has 0 saturated carbocycles. The summed E-state index contributed by atoms with van der Waals surface area (Å²) in [7, 11) is 0. The number of nitrogens with one attached hydrogen (secondary N) is 1. The quantitative estimate of drug-likeness (QED) is 0.725. The summed E-state index contributed by atoms with van der Waals surface area (Å²) < 4.78 is 5.40. The first-order valence-electron chi connectivity index (χ1n) is 6.65. The van der Waals surface area contributed by atoms with Gasteiger partial charge in [-0.2, -0.15) is 0 Å². The summed E-state index contributed by atoms with van der Waals surface area (Å²) in [5, 5.41) is 3.26. The molecule has 2 aliphatic rings. The molecular weight excluding hydrogens is 218 g/mol. The molecule has 0 radical (unpaired) electrons. The zero-order valence-electron chi connectivity index (χ0n) is 10.5. The molecule has 0 bridgehead atoms. The molecule has 98 valence electrons. The van der Waals surface area contributed by atoms with Crippen LogP contribution in [-0.2, 0) is 9.53 Å². The van der Waals surface area contributed by atoms with Crippen molar-refractivity contribution in [1.29, 1.82) is 0 Å². The lowest BCUT2D eigenvalue weighted by Gasteiger charge is -2.28. The van der Waals surface area contributed by atoms with E-state index in [1.807, 2.05) is 4.90 Å². The van der Waals surface area contributed by atoms with Gasteiger partial charge in [0.25, 0.3) is 0 Å². The lowest BCUT2D eigenvalue weighted by atomic mass is 10.3. The number of hydrogen-bond acceptors (Lipinski definition) is 4. The predicted octanol–water partition coefficient (Wildman–Crippen LogP) is -0.469. The van der Waals surface area contributed by atoms with Crippen LogP contribution < -0.4 is 5.32 Å². The second kappa shape index (κ2) is 6.93. The molecule has 0 aromatic carbocycles. The SMILES string of the molecule is O=C(CCN1CCCOCC1)N1CCNCC1. The average molecular weight is 241 g/mol. The molecule has 2 rings (SSSR count). The molecule has 1 amide bonds. The molecule has 0 aliphatic carbocycles. The molecule has 0 spiro atoms. The topological polar surface area (TPSA) is 44.8 Å². The molecule has 5 nitrogen and oxygen atoms in total. The first kappa shape index (κ1) is 12.8. The third-order valence-corrected chi connectivity index (χ3v) is 3.43. The van der Waals surface area contributed by atoms with Crippen molar-refractivity contribution in [2.24, 2.45) is 0 Å². The Hall–Kier alpha value is -0.650. The Morgan fingerprint density at radius 2 is 1.94 bits per heavy atom. The van der Waals surface area contributed by atoms with E-state index < -0.39 is 0 Å². The van der Waals surface area contributed by atoms with Crippen LogP contribution in [0, 0.1) is 0 Å². The highest BCUT2D eigenvalue weighted by Gasteiger charge is 2.17. The maximum absolute atomic E-state index is 12.0. The highest BCUT2D eigenvalue weighted by molar-refractivity contribution is 5.76. The minimum Gasteiger partial charge on any atom is -0.380 e. The van der Waals surface area contributed by atoms with Gasteiger partial charge < -0.3 is 19.9 Å². The van der Waals surface area contributed by atoms with Crippen LogP contribution in [0.1, 0.15) is 12.8 Å². The largest absolute Gasteiger partial charge is 0.380 e. The lowest BCUT2D eigenvalue weighted by Crippen LogP contribution is -2.47. The Labute approximate surface area is 103 Å². The fourth-order valence-electron chi connectivity index (χ4n) is 2.35. The van der Waals surface area contributed by atoms with Crippen LogP contribution in [0.3, 0.4) is 0 Å². The summed E-state index contributed by atoms with van der Waals surface area (Å²) in [6.07, 6.45) is 1.74. The molecule has 2 fully saturated rings. The highest BCUT2D eigenvalue weighted by Crippen LogP contribution is 2.03. The Morgan fingerprint density at radius 3 is 2.76 bits per heavy atom. The van der Waals surface area contributed by atoms with E-state index in [-0.39, 0.29) is 0 Å². The standard InChI is InChI=1S/C12H23N3O2/c16-12(15-7-3-13-4-8-15)2-6-14-5-1-10-17-11-9-14/h13H,1-11H2. The van der Waals surface area contributed by atoms with Crippen molar-refractivity contribution >= 4 is 5.91 Å². The van der Waals surface area contributed by atoms with Crippen molar-refractivity contribution in [2.45, 2.75) is 12.8 Å². The van der Waals surface area contributed by atoms with Gasteiger partial charge in [-0.05, 0) is 6.42 Å². The Morgan fingerprint density at radius 1 is 1.12 bits per heavy atom. The smallest absolute Gasteiger partial charge is 0.223 e. The maximum Gasteiger partial charge on any atom is 0.223 e. The number of hydrogen-bond donors (Lipinski definition) is 1. The van der Waals surface area contributed by atoms with Crippen molar-refractivity contribution in [3.8, 4) is 0 Å². The second-order valence-corrected chi connectivity index (χ2v) is 4.69. The second-order valence-electron chi connectivity index (χ2n) is 4.69. The summed E-state index contributed by atoms with van der Waals surface area (Å²) in [5.74, 6) is 0.302. The summed E-state index contributed by atoms with van der Waals surface area (Å²) in [6.45, 7) is 8.18. The highest BCUT2D eigenvalue weighted by atomic mass is 16.5. The monoisotopic (exact) mass is 241 g/mol. The van der Waals surface area contributed by atoms with Gasteiger partial charge in [0.1, 0.15) is 0 Å². The van der Waals surface area contributed by atoms with Crippen molar-refractivity contribution in [2.75, 3.05) is 59.0 Å². The van der Waals surface area contributed by atoms with Crippen LogP contribution in [0.25, 0.3) is 0 Å². The first-order chi connectivity index (χ1) is 8.36. The van der Waals surface area contributed by atoms with Crippen molar-refractivity contribution < 1.29 is 9.53 Å². The van der Waals surface area contributed by atoms with E-state index >= 15 is 0 Å². The van der Waals surface area contributed by atoms with Crippen molar-refractivity contribution in [1.82, 2.24) is 15.1 Å². The number of nitrogens with zero attached hydrogens (tertiary/aromatic N) is 2. The van der Waals surface area contributed by atoms with E-state index in [9.17, 15) is 4.79 Å². The zero-order valence-corrected chi connectivity index (χ0v) is 10.5. The summed E-state index contributed by atoms with van der Waals surface area (Å²) in [6, 6.07) is 0. The fraction of sp³-hybridized carbons (Fsp3) is 0.917. The summed E-state index contributed by atoms with van der Waals surface area (Å²) in [5.41, 5.74) is 0. The van der Waals surface area contributed by atoms with Gasteiger partial charge >= 0.3 is 0 Å². The van der Waals surface area contributed by atoms with Crippen LogP contribution in [0.5, 0.6) is 0 Å². The third kappa shape index (κ3) is 4.26. The number of ether oxygens (including phenoxy) is 1. The molecule has 0 aromatic heterocycles. The van der Waals surface area contributed by atoms with E-state index in [1.165, 1.54) is 0 Å². The molecule has 0 aromatic rings.